The van der Waals surface area contributed by atoms with E-state index in [-0.39, 0.29) is 18.1 Å². The van der Waals surface area contributed by atoms with E-state index < -0.39 is 0 Å². The van der Waals surface area contributed by atoms with E-state index in [4.69, 9.17) is 4.74 Å². The van der Waals surface area contributed by atoms with Crippen molar-refractivity contribution < 1.29 is 9.53 Å². The van der Waals surface area contributed by atoms with Gasteiger partial charge in [-0.15, -0.1) is 5.10 Å². The number of nitrogens with zero attached hydrogens (tertiary/aromatic N) is 3. The maximum atomic E-state index is 12.1. The van der Waals surface area contributed by atoms with Crippen LogP contribution < -0.4 is 0 Å². The topological polar surface area (TPSA) is 55.3 Å². The zero-order valence-electron chi connectivity index (χ0n) is 8.80. The van der Waals surface area contributed by atoms with Crippen LogP contribution in [0.5, 0.6) is 0 Å². The highest BCUT2D eigenvalue weighted by Gasteiger charge is 2.30. The number of ether oxygens (including phenoxy) is 1. The van der Waals surface area contributed by atoms with Crippen LogP contribution in [0.25, 0.3) is 0 Å². The zero-order valence-corrected chi connectivity index (χ0v) is 11.2. The summed E-state index contributed by atoms with van der Waals surface area (Å²) in [5.41, 5.74) is 0. The molecule has 1 aliphatic rings. The number of rotatable bonds is 2. The van der Waals surface area contributed by atoms with Crippen LogP contribution in [0, 0.1) is 0 Å². The monoisotopic (exact) mass is 305 g/mol. The van der Waals surface area contributed by atoms with Crippen LogP contribution in [0.2, 0.25) is 0 Å². The molecule has 1 saturated heterocycles. The van der Waals surface area contributed by atoms with Gasteiger partial charge in [-0.1, -0.05) is 20.4 Å². The molecule has 1 aliphatic heterocycles. The molecule has 88 valence electrons. The Hall–Kier alpha value is -0.530. The minimum Gasteiger partial charge on any atom is -0.373 e. The number of hydrogen-bond donors (Lipinski definition) is 0. The van der Waals surface area contributed by atoms with Gasteiger partial charge in [0.05, 0.1) is 24.9 Å². The average molecular weight is 306 g/mol. The van der Waals surface area contributed by atoms with Crippen molar-refractivity contribution >= 4 is 33.4 Å². The summed E-state index contributed by atoms with van der Waals surface area (Å²) in [5.74, 6) is -0.00301. The highest BCUT2D eigenvalue weighted by atomic mass is 79.9. The van der Waals surface area contributed by atoms with Gasteiger partial charge in [-0.3, -0.25) is 4.79 Å². The van der Waals surface area contributed by atoms with E-state index in [0.717, 1.165) is 16.9 Å². The lowest BCUT2D eigenvalue weighted by Crippen LogP contribution is -2.51. The van der Waals surface area contributed by atoms with Crippen LogP contribution >= 0.6 is 27.5 Å². The molecule has 2 heterocycles. The van der Waals surface area contributed by atoms with Crippen LogP contribution in [0.3, 0.4) is 0 Å². The molecule has 1 amide bonds. The van der Waals surface area contributed by atoms with E-state index in [1.807, 2.05) is 11.8 Å². The molecule has 0 bridgehead atoms. The summed E-state index contributed by atoms with van der Waals surface area (Å²) in [6.07, 6.45) is 1.58. The molecule has 2 rings (SSSR count). The van der Waals surface area contributed by atoms with Gasteiger partial charge >= 0.3 is 0 Å². The Morgan fingerprint density at radius 3 is 3.25 bits per heavy atom. The van der Waals surface area contributed by atoms with Gasteiger partial charge in [-0.05, 0) is 18.5 Å². The number of carbonyl (C=O) groups is 1. The van der Waals surface area contributed by atoms with Crippen molar-refractivity contribution in [3.05, 3.63) is 11.1 Å². The minimum atomic E-state index is -0.00301. The van der Waals surface area contributed by atoms with Gasteiger partial charge in [0.15, 0.2) is 0 Å². The molecule has 16 heavy (non-hydrogen) atoms. The fourth-order valence-electron chi connectivity index (χ4n) is 1.60. The van der Waals surface area contributed by atoms with Gasteiger partial charge in [0.25, 0.3) is 5.91 Å². The molecule has 0 saturated carbocycles. The molecule has 7 heteroatoms. The van der Waals surface area contributed by atoms with Crippen LogP contribution in [0.4, 0.5) is 0 Å². The van der Waals surface area contributed by atoms with E-state index in [2.05, 4.69) is 25.5 Å². The van der Waals surface area contributed by atoms with Crippen LogP contribution in [0.1, 0.15) is 16.6 Å². The van der Waals surface area contributed by atoms with Gasteiger partial charge in [-0.25, -0.2) is 0 Å². The van der Waals surface area contributed by atoms with Gasteiger partial charge < -0.3 is 9.64 Å². The van der Waals surface area contributed by atoms with E-state index in [9.17, 15) is 4.79 Å². The number of carbonyl (C=O) groups excluding carboxylic acids is 1. The third-order valence-electron chi connectivity index (χ3n) is 2.51. The number of halogens is 1. The molecule has 5 nitrogen and oxygen atoms in total. The lowest BCUT2D eigenvalue weighted by molar-refractivity contribution is -0.0359. The Morgan fingerprint density at radius 1 is 1.81 bits per heavy atom. The van der Waals surface area contributed by atoms with Crippen molar-refractivity contribution in [3.8, 4) is 0 Å². The van der Waals surface area contributed by atoms with E-state index in [1.54, 1.807) is 0 Å². The number of morpholine rings is 1. The molecule has 0 aliphatic carbocycles. The predicted molar refractivity (Wildman–Crippen MR) is 63.9 cm³/mol. The first-order valence-corrected chi connectivity index (χ1v) is 6.87. The standard InChI is InChI=1S/C9H12BrN3O2S/c1-6-5-15-7(2-10)4-13(6)9(14)8-3-11-12-16-8/h3,6-7H,2,4-5H2,1H3. The molecule has 2 unspecified atom stereocenters. The average Bonchev–Trinajstić information content (AvgIpc) is 2.82. The molecule has 1 aromatic heterocycles. The number of alkyl halides is 1. The van der Waals surface area contributed by atoms with E-state index in [1.165, 1.54) is 6.20 Å². The summed E-state index contributed by atoms with van der Waals surface area (Å²) in [6, 6.07) is 0.102. The highest BCUT2D eigenvalue weighted by molar-refractivity contribution is 9.09. The molecule has 0 N–H and O–H groups in total. The quantitative estimate of drug-likeness (QED) is 0.770. The van der Waals surface area contributed by atoms with E-state index >= 15 is 0 Å². The normalized spacial score (nSPS) is 25.8. The second kappa shape index (κ2) is 5.20. The predicted octanol–water partition coefficient (Wildman–Crippen LogP) is 1.16. The minimum absolute atomic E-state index is 0.00301. The smallest absolute Gasteiger partial charge is 0.267 e. The first-order chi connectivity index (χ1) is 7.72. The van der Waals surface area contributed by atoms with Crippen LogP contribution in [-0.2, 0) is 4.74 Å². The summed E-state index contributed by atoms with van der Waals surface area (Å²) in [5, 5.41) is 4.42. The summed E-state index contributed by atoms with van der Waals surface area (Å²) in [4.78, 5) is 14.5. The van der Waals surface area contributed by atoms with Gasteiger partial charge in [0.1, 0.15) is 4.88 Å². The van der Waals surface area contributed by atoms with Crippen molar-refractivity contribution in [3.63, 3.8) is 0 Å². The second-order valence-electron chi connectivity index (χ2n) is 3.70. The largest absolute Gasteiger partial charge is 0.373 e. The lowest BCUT2D eigenvalue weighted by Gasteiger charge is -2.37. The first-order valence-electron chi connectivity index (χ1n) is 4.98. The fourth-order valence-corrected chi connectivity index (χ4v) is 2.46. The van der Waals surface area contributed by atoms with Crippen LogP contribution in [0.15, 0.2) is 6.20 Å². The SMILES string of the molecule is CC1COC(CBr)CN1C(=O)c1cnns1. The Morgan fingerprint density at radius 2 is 2.62 bits per heavy atom. The third kappa shape index (κ3) is 2.41. The van der Waals surface area contributed by atoms with E-state index in [0.29, 0.717) is 18.0 Å². The van der Waals surface area contributed by atoms with Crippen molar-refractivity contribution in [1.82, 2.24) is 14.5 Å². The summed E-state index contributed by atoms with van der Waals surface area (Å²) in [7, 11) is 0. The maximum Gasteiger partial charge on any atom is 0.267 e. The van der Waals surface area contributed by atoms with Gasteiger partial charge in [0, 0.05) is 11.9 Å². The molecule has 0 radical (unpaired) electrons. The number of aromatic nitrogens is 2. The molecular formula is C9H12BrN3O2S. The summed E-state index contributed by atoms with van der Waals surface area (Å²) in [6.45, 7) is 3.17. The maximum absolute atomic E-state index is 12.1. The number of hydrogen-bond acceptors (Lipinski definition) is 5. The Balaban J connectivity index is 2.09. The van der Waals surface area contributed by atoms with Crippen LogP contribution in [-0.4, -0.2) is 51.0 Å². The molecule has 1 fully saturated rings. The van der Waals surface area contributed by atoms with Gasteiger partial charge in [0.2, 0.25) is 0 Å². The Labute approximate surface area is 106 Å². The Bertz CT molecular complexity index is 360. The second-order valence-corrected chi connectivity index (χ2v) is 5.13. The number of amides is 1. The molecule has 1 aromatic rings. The highest BCUT2D eigenvalue weighted by Crippen LogP contribution is 2.17. The molecular weight excluding hydrogens is 294 g/mol. The third-order valence-corrected chi connectivity index (χ3v) is 3.89. The van der Waals surface area contributed by atoms with Crippen molar-refractivity contribution in [2.45, 2.75) is 19.1 Å². The first kappa shape index (κ1) is 11.9. The Kier molecular flexibility index (Phi) is 3.88. The van der Waals surface area contributed by atoms with Gasteiger partial charge in [-0.2, -0.15) is 0 Å². The van der Waals surface area contributed by atoms with Crippen molar-refractivity contribution in [1.29, 1.82) is 0 Å². The zero-order chi connectivity index (χ0) is 11.5. The lowest BCUT2D eigenvalue weighted by atomic mass is 10.2. The van der Waals surface area contributed by atoms with Crippen molar-refractivity contribution in [2.24, 2.45) is 0 Å². The summed E-state index contributed by atoms with van der Waals surface area (Å²) >= 11 is 4.50. The molecule has 0 spiro atoms. The van der Waals surface area contributed by atoms with Crippen molar-refractivity contribution in [2.75, 3.05) is 18.5 Å². The molecule has 2 atom stereocenters. The fraction of sp³-hybridized carbons (Fsp3) is 0.667. The summed E-state index contributed by atoms with van der Waals surface area (Å²) < 4.78 is 9.27. The molecule has 0 aromatic carbocycles.